The van der Waals surface area contributed by atoms with E-state index < -0.39 is 0 Å². The summed E-state index contributed by atoms with van der Waals surface area (Å²) in [7, 11) is 0. The van der Waals surface area contributed by atoms with Gasteiger partial charge in [-0.15, -0.1) is 0 Å². The van der Waals surface area contributed by atoms with E-state index in [1.807, 2.05) is 11.1 Å². The smallest absolute Gasteiger partial charge is 0.223 e. The first-order valence-corrected chi connectivity index (χ1v) is 7.09. The second kappa shape index (κ2) is 4.22. The van der Waals surface area contributed by atoms with E-state index in [9.17, 15) is 4.79 Å². The average molecular weight is 255 g/mol. The molecule has 1 aliphatic carbocycles. The van der Waals surface area contributed by atoms with Gasteiger partial charge in [0.2, 0.25) is 5.91 Å². The van der Waals surface area contributed by atoms with Crippen molar-refractivity contribution in [1.82, 2.24) is 4.90 Å². The second-order valence-corrected chi connectivity index (χ2v) is 6.23. The van der Waals surface area contributed by atoms with E-state index in [-0.39, 0.29) is 17.4 Å². The van der Waals surface area contributed by atoms with Crippen LogP contribution < -0.4 is 0 Å². The van der Waals surface area contributed by atoms with Crippen LogP contribution in [0.4, 0.5) is 0 Å². The number of carbonyl (C=O) groups is 1. The molecule has 1 heterocycles. The molecule has 3 rings (SSSR count). The highest BCUT2D eigenvalue weighted by atomic mass is 16.2. The molecule has 2 heteroatoms. The number of nitrogens with zero attached hydrogens (tertiary/aromatic N) is 1. The first kappa shape index (κ1) is 12.5. The van der Waals surface area contributed by atoms with Crippen LogP contribution in [0.2, 0.25) is 0 Å². The summed E-state index contributed by atoms with van der Waals surface area (Å²) in [5.41, 5.74) is 2.95. The monoisotopic (exact) mass is 255 g/mol. The maximum Gasteiger partial charge on any atom is 0.223 e. The highest BCUT2D eigenvalue weighted by Gasteiger charge is 2.44. The van der Waals surface area contributed by atoms with Gasteiger partial charge in [0, 0.05) is 13.1 Å². The Balaban J connectivity index is 2.14. The van der Waals surface area contributed by atoms with Crippen LogP contribution in [0.5, 0.6) is 0 Å². The van der Waals surface area contributed by atoms with Crippen molar-refractivity contribution in [2.24, 2.45) is 11.3 Å². The van der Waals surface area contributed by atoms with Gasteiger partial charge in [0.25, 0.3) is 0 Å². The average Bonchev–Trinajstić information content (AvgIpc) is 2.38. The summed E-state index contributed by atoms with van der Waals surface area (Å²) in [6.07, 6.45) is 6.44. The van der Waals surface area contributed by atoms with Gasteiger partial charge in [-0.3, -0.25) is 4.79 Å². The zero-order valence-electron chi connectivity index (χ0n) is 11.9. The lowest BCUT2D eigenvalue weighted by Gasteiger charge is -2.49. The predicted octanol–water partition coefficient (Wildman–Crippen LogP) is 3.69. The Bertz CT molecular complexity index is 546. The Hall–Kier alpha value is -1.57. The van der Waals surface area contributed by atoms with E-state index >= 15 is 0 Å². The Kier molecular flexibility index (Phi) is 2.77. The van der Waals surface area contributed by atoms with Crippen LogP contribution >= 0.6 is 0 Å². The quantitative estimate of drug-likeness (QED) is 0.749. The fourth-order valence-electron chi connectivity index (χ4n) is 3.58. The maximum atomic E-state index is 11.9. The number of benzene rings is 1. The van der Waals surface area contributed by atoms with Crippen LogP contribution in [-0.4, -0.2) is 10.8 Å². The number of rotatable bonds is 1. The van der Waals surface area contributed by atoms with Crippen LogP contribution in [0.15, 0.2) is 36.5 Å². The van der Waals surface area contributed by atoms with Crippen LogP contribution in [0, 0.1) is 11.3 Å². The largest absolute Gasteiger partial charge is 0.312 e. The van der Waals surface area contributed by atoms with Crippen molar-refractivity contribution in [2.45, 2.75) is 39.7 Å². The molecule has 2 nitrogen and oxygen atoms in total. The molecule has 0 spiro atoms. The number of hydrogen-bond donors (Lipinski definition) is 0. The van der Waals surface area contributed by atoms with Crippen LogP contribution in [-0.2, 0) is 11.2 Å². The third-order valence-electron chi connectivity index (χ3n) is 4.92. The highest BCUT2D eigenvalue weighted by molar-refractivity contribution is 5.75. The van der Waals surface area contributed by atoms with Crippen molar-refractivity contribution in [3.63, 3.8) is 0 Å². The van der Waals surface area contributed by atoms with Crippen LogP contribution in [0.25, 0.3) is 0 Å². The Morgan fingerprint density at radius 3 is 2.79 bits per heavy atom. The van der Waals surface area contributed by atoms with Crippen molar-refractivity contribution < 1.29 is 4.79 Å². The van der Waals surface area contributed by atoms with Crippen LogP contribution in [0.1, 0.15) is 44.4 Å². The lowest BCUT2D eigenvalue weighted by atomic mass is 9.62. The molecule has 0 fully saturated rings. The van der Waals surface area contributed by atoms with Crippen molar-refractivity contribution >= 4 is 5.91 Å². The zero-order chi connectivity index (χ0) is 13.6. The lowest BCUT2D eigenvalue weighted by molar-refractivity contribution is -0.129. The molecule has 1 aliphatic heterocycles. The number of amides is 1. The minimum atomic E-state index is 0.135. The maximum absolute atomic E-state index is 11.9. The van der Waals surface area contributed by atoms with E-state index in [2.05, 4.69) is 44.2 Å². The summed E-state index contributed by atoms with van der Waals surface area (Å²) < 4.78 is 0. The first-order chi connectivity index (χ1) is 9.03. The molecule has 100 valence electrons. The van der Waals surface area contributed by atoms with Crippen molar-refractivity contribution in [3.05, 3.63) is 47.7 Å². The molecule has 19 heavy (non-hydrogen) atoms. The number of carbonyl (C=O) groups excluding carboxylic acids is 1. The molecule has 1 aromatic carbocycles. The van der Waals surface area contributed by atoms with Gasteiger partial charge in [0.15, 0.2) is 0 Å². The van der Waals surface area contributed by atoms with Gasteiger partial charge < -0.3 is 4.90 Å². The molecule has 2 atom stereocenters. The van der Waals surface area contributed by atoms with E-state index in [1.165, 1.54) is 11.1 Å². The van der Waals surface area contributed by atoms with E-state index in [1.54, 1.807) is 6.92 Å². The molecule has 1 amide bonds. The molecular formula is C17H21NO. The molecule has 0 N–H and O–H groups in total. The topological polar surface area (TPSA) is 20.3 Å². The van der Waals surface area contributed by atoms with Crippen molar-refractivity contribution in [3.8, 4) is 0 Å². The van der Waals surface area contributed by atoms with Gasteiger partial charge in [-0.05, 0) is 35.3 Å². The SMILES string of the molecule is CC(=O)N1C=CC2(C(C)C)Cc3ccccc3C1C2. The van der Waals surface area contributed by atoms with Crippen molar-refractivity contribution in [1.29, 1.82) is 0 Å². The third kappa shape index (κ3) is 1.81. The summed E-state index contributed by atoms with van der Waals surface area (Å²) in [5.74, 6) is 0.726. The van der Waals surface area contributed by atoms with Gasteiger partial charge in [-0.25, -0.2) is 0 Å². The predicted molar refractivity (Wildman–Crippen MR) is 76.4 cm³/mol. The fraction of sp³-hybridized carbons (Fsp3) is 0.471. The van der Waals surface area contributed by atoms with E-state index in [4.69, 9.17) is 0 Å². The summed E-state index contributed by atoms with van der Waals surface area (Å²) >= 11 is 0. The van der Waals surface area contributed by atoms with Gasteiger partial charge in [-0.1, -0.05) is 44.2 Å². The first-order valence-electron chi connectivity index (χ1n) is 7.09. The minimum absolute atomic E-state index is 0.135. The Morgan fingerprint density at radius 1 is 1.37 bits per heavy atom. The van der Waals surface area contributed by atoms with Crippen LogP contribution in [0.3, 0.4) is 0 Å². The highest BCUT2D eigenvalue weighted by Crippen LogP contribution is 2.51. The third-order valence-corrected chi connectivity index (χ3v) is 4.92. The molecular weight excluding hydrogens is 234 g/mol. The molecule has 2 unspecified atom stereocenters. The summed E-state index contributed by atoms with van der Waals surface area (Å²) in [4.78, 5) is 13.8. The number of allylic oxidation sites excluding steroid dienone is 1. The van der Waals surface area contributed by atoms with Gasteiger partial charge >= 0.3 is 0 Å². The van der Waals surface area contributed by atoms with Gasteiger partial charge in [0.1, 0.15) is 0 Å². The molecule has 0 radical (unpaired) electrons. The molecule has 1 aromatic rings. The van der Waals surface area contributed by atoms with Gasteiger partial charge in [0.05, 0.1) is 6.04 Å². The Labute approximate surface area is 115 Å². The molecule has 0 saturated heterocycles. The summed E-state index contributed by atoms with van der Waals surface area (Å²) in [6, 6.07) is 8.80. The van der Waals surface area contributed by atoms with Gasteiger partial charge in [-0.2, -0.15) is 0 Å². The van der Waals surface area contributed by atoms with Crippen molar-refractivity contribution in [2.75, 3.05) is 0 Å². The minimum Gasteiger partial charge on any atom is -0.312 e. The second-order valence-electron chi connectivity index (χ2n) is 6.23. The molecule has 2 aliphatic rings. The lowest BCUT2D eigenvalue weighted by Crippen LogP contribution is -2.44. The standard InChI is InChI=1S/C17H21NO/c1-12(2)17-8-9-18(13(3)19)16(11-17)15-7-5-4-6-14(15)10-17/h4-9,12,16H,10-11H2,1-3H3. The normalized spacial score (nSPS) is 28.4. The molecule has 0 aromatic heterocycles. The fourth-order valence-corrected chi connectivity index (χ4v) is 3.58. The van der Waals surface area contributed by atoms with E-state index in [0.717, 1.165) is 12.8 Å². The van der Waals surface area contributed by atoms with E-state index in [0.29, 0.717) is 5.92 Å². The number of hydrogen-bond acceptors (Lipinski definition) is 1. The molecule has 2 bridgehead atoms. The molecule has 0 saturated carbocycles. The Morgan fingerprint density at radius 2 is 2.11 bits per heavy atom. The summed E-state index contributed by atoms with van der Waals surface area (Å²) in [6.45, 7) is 6.24. The number of fused-ring (bicyclic) bond motifs is 4. The zero-order valence-corrected chi connectivity index (χ0v) is 11.9. The summed E-state index contributed by atoms with van der Waals surface area (Å²) in [5, 5.41) is 0.